The number of aliphatic carboxylic acids is 1. The lowest BCUT2D eigenvalue weighted by molar-refractivity contribution is -0.138. The number of carboxylic acids is 1. The highest BCUT2D eigenvalue weighted by Crippen LogP contribution is 1.88. The maximum absolute atomic E-state index is 10.7. The maximum Gasteiger partial charge on any atom is 0.322 e. The fourth-order valence-electron chi connectivity index (χ4n) is 0.571. The number of unbranched alkanes of at least 4 members (excludes halogenated alkanes) is 1. The van der Waals surface area contributed by atoms with Crippen LogP contribution in [0.15, 0.2) is 0 Å². The lowest BCUT2D eigenvalue weighted by Crippen LogP contribution is -2.32. The van der Waals surface area contributed by atoms with Gasteiger partial charge in [0.15, 0.2) is 0 Å². The van der Waals surface area contributed by atoms with Gasteiger partial charge in [0.1, 0.15) is 6.54 Å². The van der Waals surface area contributed by atoms with E-state index in [1.54, 1.807) is 13.8 Å². The molecule has 0 spiro atoms. The first-order valence-corrected chi connectivity index (χ1v) is 5.15. The molecule has 0 aliphatic heterocycles. The van der Waals surface area contributed by atoms with Crippen LogP contribution in [0.5, 0.6) is 0 Å². The molecule has 0 saturated heterocycles. The first kappa shape index (κ1) is 16.3. The number of nitrogens with two attached hydrogens (primary N) is 1. The van der Waals surface area contributed by atoms with E-state index in [1.165, 1.54) is 12.8 Å². The van der Waals surface area contributed by atoms with Gasteiger partial charge in [-0.15, -0.1) is 0 Å². The van der Waals surface area contributed by atoms with Crippen molar-refractivity contribution < 1.29 is 14.7 Å². The highest BCUT2D eigenvalue weighted by molar-refractivity contribution is 5.82. The second kappa shape index (κ2) is 11.0. The molecule has 0 aromatic rings. The minimum Gasteiger partial charge on any atom is -0.480 e. The normalized spacial score (nSPS) is 9.13. The number of carboxylic acid groups (broad SMARTS) is 1. The first-order valence-electron chi connectivity index (χ1n) is 5.15. The third kappa shape index (κ3) is 15.6. The summed E-state index contributed by atoms with van der Waals surface area (Å²) in [5.41, 5.74) is 5.14. The molecule has 5 heteroatoms. The van der Waals surface area contributed by atoms with E-state index in [0.29, 0.717) is 0 Å². The van der Waals surface area contributed by atoms with E-state index in [9.17, 15) is 9.59 Å². The van der Waals surface area contributed by atoms with Crippen LogP contribution in [0.25, 0.3) is 0 Å². The predicted octanol–water partition coefficient (Wildman–Crippen LogP) is 0.588. The number of rotatable bonds is 5. The average Bonchev–Trinajstić information content (AvgIpc) is 2.16. The molecule has 0 aliphatic rings. The van der Waals surface area contributed by atoms with Crippen LogP contribution in [0.3, 0.4) is 0 Å². The Labute approximate surface area is 91.0 Å². The second-order valence-corrected chi connectivity index (χ2v) is 3.41. The molecule has 0 heterocycles. The fraction of sp³-hybridized carbons (Fsp3) is 0.800. The molecule has 0 radical (unpaired) electrons. The number of nitrogens with one attached hydrogen (secondary N) is 1. The third-order valence-electron chi connectivity index (χ3n) is 1.50. The van der Waals surface area contributed by atoms with Crippen LogP contribution in [0.4, 0.5) is 0 Å². The van der Waals surface area contributed by atoms with E-state index in [2.05, 4.69) is 12.2 Å². The van der Waals surface area contributed by atoms with Gasteiger partial charge in [-0.25, -0.2) is 0 Å². The maximum atomic E-state index is 10.7. The summed E-state index contributed by atoms with van der Waals surface area (Å²) < 4.78 is 0. The Morgan fingerprint density at radius 1 is 1.40 bits per heavy atom. The largest absolute Gasteiger partial charge is 0.480 e. The van der Waals surface area contributed by atoms with Crippen LogP contribution in [-0.2, 0) is 9.59 Å². The Hall–Kier alpha value is -1.10. The van der Waals surface area contributed by atoms with Crippen molar-refractivity contribution in [3.05, 3.63) is 0 Å². The van der Waals surface area contributed by atoms with Crippen LogP contribution in [0, 0.1) is 5.92 Å². The topological polar surface area (TPSA) is 92.4 Å². The van der Waals surface area contributed by atoms with Crippen molar-refractivity contribution in [3.63, 3.8) is 0 Å². The van der Waals surface area contributed by atoms with Crippen molar-refractivity contribution in [2.45, 2.75) is 33.6 Å². The van der Waals surface area contributed by atoms with Gasteiger partial charge in [0, 0.05) is 5.92 Å². The number of carbonyl (C=O) groups is 2. The van der Waals surface area contributed by atoms with Gasteiger partial charge in [-0.3, -0.25) is 9.59 Å². The van der Waals surface area contributed by atoms with E-state index in [0.717, 1.165) is 6.54 Å². The van der Waals surface area contributed by atoms with Gasteiger partial charge in [-0.2, -0.15) is 0 Å². The molecule has 0 fully saturated rings. The van der Waals surface area contributed by atoms with Crippen LogP contribution < -0.4 is 11.1 Å². The van der Waals surface area contributed by atoms with Crippen LogP contribution >= 0.6 is 0 Å². The molecule has 15 heavy (non-hydrogen) atoms. The summed E-state index contributed by atoms with van der Waals surface area (Å²) in [5.74, 6) is -1.41. The molecular weight excluding hydrogens is 196 g/mol. The summed E-state index contributed by atoms with van der Waals surface area (Å²) >= 11 is 0. The molecule has 0 saturated carbocycles. The molecule has 0 rings (SSSR count). The minimum atomic E-state index is -1.02. The zero-order valence-electron chi connectivity index (χ0n) is 9.75. The average molecular weight is 218 g/mol. The zero-order chi connectivity index (χ0) is 12.3. The summed E-state index contributed by atoms with van der Waals surface area (Å²) in [6.45, 7) is 6.09. The number of hydrogen-bond acceptors (Lipinski definition) is 3. The molecule has 0 aromatic heterocycles. The zero-order valence-corrected chi connectivity index (χ0v) is 9.75. The molecule has 0 aliphatic carbocycles. The smallest absolute Gasteiger partial charge is 0.322 e. The van der Waals surface area contributed by atoms with Crippen LogP contribution in [0.2, 0.25) is 0 Å². The lowest BCUT2D eigenvalue weighted by Gasteiger charge is -2.03. The van der Waals surface area contributed by atoms with Gasteiger partial charge < -0.3 is 16.2 Å². The Kier molecular flexibility index (Phi) is 12.0. The Morgan fingerprint density at radius 2 is 1.93 bits per heavy atom. The summed E-state index contributed by atoms with van der Waals surface area (Å²) in [5, 5.41) is 10.4. The van der Waals surface area contributed by atoms with Gasteiger partial charge in [-0.1, -0.05) is 27.2 Å². The molecule has 1 amide bonds. The molecule has 4 N–H and O–H groups in total. The molecule has 0 aromatic carbocycles. The van der Waals surface area contributed by atoms with Crippen molar-refractivity contribution in [1.82, 2.24) is 5.32 Å². The molecule has 0 bridgehead atoms. The fourth-order valence-corrected chi connectivity index (χ4v) is 0.571. The Balaban J connectivity index is 0. The van der Waals surface area contributed by atoms with Gasteiger partial charge >= 0.3 is 5.97 Å². The lowest BCUT2D eigenvalue weighted by atomic mass is 10.2. The van der Waals surface area contributed by atoms with Gasteiger partial charge in [-0.05, 0) is 13.0 Å². The molecule has 0 unspecified atom stereocenters. The van der Waals surface area contributed by atoms with Gasteiger partial charge in [0.05, 0.1) is 0 Å². The van der Waals surface area contributed by atoms with Crippen molar-refractivity contribution in [2.75, 3.05) is 13.1 Å². The van der Waals surface area contributed by atoms with Crippen molar-refractivity contribution >= 4 is 11.9 Å². The second-order valence-electron chi connectivity index (χ2n) is 3.41. The highest BCUT2D eigenvalue weighted by atomic mass is 16.4. The van der Waals surface area contributed by atoms with Gasteiger partial charge in [0.25, 0.3) is 0 Å². The molecule has 5 nitrogen and oxygen atoms in total. The monoisotopic (exact) mass is 218 g/mol. The Morgan fingerprint density at radius 3 is 2.13 bits per heavy atom. The number of carbonyl (C=O) groups excluding carboxylic acids is 1. The standard InChI is InChI=1S/C6H11NO3.C4H11N/c1-4(2)6(10)7-3-5(8)9;1-2-3-4-5/h4H,3H2,1-2H3,(H,7,10)(H,8,9);2-5H2,1H3. The van der Waals surface area contributed by atoms with E-state index in [4.69, 9.17) is 10.8 Å². The highest BCUT2D eigenvalue weighted by Gasteiger charge is 2.06. The minimum absolute atomic E-state index is 0.153. The SMILES string of the molecule is CC(C)C(=O)NCC(=O)O.CCCCN. The molecule has 90 valence electrons. The van der Waals surface area contributed by atoms with Crippen LogP contribution in [-0.4, -0.2) is 30.1 Å². The summed E-state index contributed by atoms with van der Waals surface area (Å²) in [6, 6.07) is 0. The van der Waals surface area contributed by atoms with Gasteiger partial charge in [0.2, 0.25) is 5.91 Å². The van der Waals surface area contributed by atoms with E-state index >= 15 is 0 Å². The molecule has 0 atom stereocenters. The van der Waals surface area contributed by atoms with E-state index in [-0.39, 0.29) is 18.4 Å². The Bertz CT molecular complexity index is 180. The van der Waals surface area contributed by atoms with Crippen molar-refractivity contribution in [2.24, 2.45) is 11.7 Å². The first-order chi connectivity index (χ1) is 6.95. The number of amides is 1. The summed E-state index contributed by atoms with van der Waals surface area (Å²) in [6.07, 6.45) is 2.39. The van der Waals surface area contributed by atoms with Crippen molar-refractivity contribution in [3.8, 4) is 0 Å². The van der Waals surface area contributed by atoms with E-state index < -0.39 is 5.97 Å². The summed E-state index contributed by atoms with van der Waals surface area (Å²) in [7, 11) is 0. The number of hydrogen-bond donors (Lipinski definition) is 3. The summed E-state index contributed by atoms with van der Waals surface area (Å²) in [4.78, 5) is 20.6. The third-order valence-corrected chi connectivity index (χ3v) is 1.50. The predicted molar refractivity (Wildman–Crippen MR) is 59.4 cm³/mol. The van der Waals surface area contributed by atoms with E-state index in [1.807, 2.05) is 0 Å². The van der Waals surface area contributed by atoms with Crippen molar-refractivity contribution in [1.29, 1.82) is 0 Å². The quantitative estimate of drug-likeness (QED) is 0.629. The molecular formula is C10H22N2O3. The van der Waals surface area contributed by atoms with Crippen LogP contribution in [0.1, 0.15) is 33.6 Å².